The number of hydrogen-bond donors (Lipinski definition) is 1. The van der Waals surface area contributed by atoms with Gasteiger partial charge in [-0.3, -0.25) is 0 Å². The van der Waals surface area contributed by atoms with Gasteiger partial charge in [-0.25, -0.2) is 0 Å². The molecule has 1 aliphatic rings. The van der Waals surface area contributed by atoms with Crippen LogP contribution in [-0.4, -0.2) is 17.5 Å². The van der Waals surface area contributed by atoms with Crippen molar-refractivity contribution < 1.29 is 9.84 Å². The molecule has 0 spiro atoms. The second kappa shape index (κ2) is 2.99. The van der Waals surface area contributed by atoms with Gasteiger partial charge in [0.15, 0.2) is 6.29 Å². The molecule has 0 aromatic carbocycles. The molecule has 2 atom stereocenters. The van der Waals surface area contributed by atoms with Gasteiger partial charge < -0.3 is 9.84 Å². The van der Waals surface area contributed by atoms with Crippen molar-refractivity contribution in [3.05, 3.63) is 12.7 Å². The minimum atomic E-state index is -0.519. The van der Waals surface area contributed by atoms with Crippen LogP contribution >= 0.6 is 0 Å². The molecule has 1 saturated heterocycles. The molecule has 1 aliphatic heterocycles. The maximum absolute atomic E-state index is 8.87. The number of aliphatic hydroxyl groups is 1. The Bertz CT molecular complexity index is 101. The second-order valence-corrected chi connectivity index (χ2v) is 2.31. The van der Waals surface area contributed by atoms with E-state index in [1.165, 1.54) is 0 Å². The van der Waals surface area contributed by atoms with Crippen molar-refractivity contribution in [2.45, 2.75) is 31.7 Å². The Morgan fingerprint density at radius 2 is 2.44 bits per heavy atom. The van der Waals surface area contributed by atoms with E-state index in [0.29, 0.717) is 0 Å². The van der Waals surface area contributed by atoms with Crippen LogP contribution < -0.4 is 0 Å². The maximum Gasteiger partial charge on any atom is 0.155 e. The summed E-state index contributed by atoms with van der Waals surface area (Å²) in [7, 11) is 0. The molecule has 0 aliphatic carbocycles. The van der Waals surface area contributed by atoms with E-state index < -0.39 is 6.29 Å². The van der Waals surface area contributed by atoms with Gasteiger partial charge in [-0.1, -0.05) is 6.08 Å². The van der Waals surface area contributed by atoms with Crippen LogP contribution in [0.15, 0.2) is 12.7 Å². The highest BCUT2D eigenvalue weighted by Crippen LogP contribution is 2.19. The third kappa shape index (κ3) is 1.80. The van der Waals surface area contributed by atoms with Gasteiger partial charge in [-0.15, -0.1) is 6.58 Å². The zero-order valence-electron chi connectivity index (χ0n) is 5.42. The molecule has 2 heteroatoms. The van der Waals surface area contributed by atoms with Crippen molar-refractivity contribution in [3.63, 3.8) is 0 Å². The normalized spacial score (nSPS) is 34.8. The molecule has 1 heterocycles. The average molecular weight is 128 g/mol. The molecule has 1 N–H and O–H groups in total. The summed E-state index contributed by atoms with van der Waals surface area (Å²) in [6, 6.07) is 0. The van der Waals surface area contributed by atoms with Gasteiger partial charge in [0.25, 0.3) is 0 Å². The molecule has 0 amide bonds. The van der Waals surface area contributed by atoms with Crippen LogP contribution in [0.5, 0.6) is 0 Å². The Kier molecular flexibility index (Phi) is 2.25. The Balaban J connectivity index is 2.21. The first kappa shape index (κ1) is 6.78. The highest BCUT2D eigenvalue weighted by atomic mass is 16.6. The molecular formula is C7H12O2. The van der Waals surface area contributed by atoms with E-state index in [4.69, 9.17) is 9.84 Å². The van der Waals surface area contributed by atoms with Gasteiger partial charge in [0.1, 0.15) is 0 Å². The molecular weight excluding hydrogens is 116 g/mol. The number of hydrogen-bond acceptors (Lipinski definition) is 2. The van der Waals surface area contributed by atoms with Crippen molar-refractivity contribution in [1.29, 1.82) is 0 Å². The number of ether oxygens (including phenoxy) is 1. The molecule has 0 radical (unpaired) electrons. The first-order valence-electron chi connectivity index (χ1n) is 3.27. The molecule has 0 saturated carbocycles. The van der Waals surface area contributed by atoms with Crippen LogP contribution in [0, 0.1) is 0 Å². The smallest absolute Gasteiger partial charge is 0.155 e. The van der Waals surface area contributed by atoms with Crippen molar-refractivity contribution in [2.24, 2.45) is 0 Å². The van der Waals surface area contributed by atoms with Gasteiger partial charge >= 0.3 is 0 Å². The van der Waals surface area contributed by atoms with Crippen LogP contribution in [0.4, 0.5) is 0 Å². The minimum Gasteiger partial charge on any atom is -0.368 e. The Hall–Kier alpha value is -0.340. The summed E-state index contributed by atoms with van der Waals surface area (Å²) in [5.41, 5.74) is 0. The minimum absolute atomic E-state index is 0.220. The predicted molar refractivity (Wildman–Crippen MR) is 34.9 cm³/mol. The lowest BCUT2D eigenvalue weighted by molar-refractivity contribution is -0.0888. The first-order chi connectivity index (χ1) is 4.33. The van der Waals surface area contributed by atoms with Gasteiger partial charge in [0.2, 0.25) is 0 Å². The number of rotatable bonds is 2. The van der Waals surface area contributed by atoms with Crippen molar-refractivity contribution in [1.82, 2.24) is 0 Å². The molecule has 9 heavy (non-hydrogen) atoms. The molecule has 0 aromatic rings. The largest absolute Gasteiger partial charge is 0.368 e. The van der Waals surface area contributed by atoms with E-state index >= 15 is 0 Å². The molecule has 52 valence electrons. The van der Waals surface area contributed by atoms with Crippen LogP contribution in [-0.2, 0) is 4.74 Å². The van der Waals surface area contributed by atoms with E-state index in [9.17, 15) is 0 Å². The second-order valence-electron chi connectivity index (χ2n) is 2.31. The van der Waals surface area contributed by atoms with E-state index in [0.717, 1.165) is 19.3 Å². The molecule has 0 bridgehead atoms. The first-order valence-corrected chi connectivity index (χ1v) is 3.27. The standard InChI is InChI=1S/C7H12O2/c1-2-3-6-4-5-7(8)9-6/h2,6-8H,1,3-5H2/t6-,7-/m1/s1. The predicted octanol–water partition coefficient (Wildman–Crippen LogP) is 1.06. The molecule has 0 aromatic heterocycles. The van der Waals surface area contributed by atoms with Gasteiger partial charge in [0, 0.05) is 6.42 Å². The van der Waals surface area contributed by atoms with Gasteiger partial charge in [-0.2, -0.15) is 0 Å². The van der Waals surface area contributed by atoms with Crippen molar-refractivity contribution in [2.75, 3.05) is 0 Å². The molecule has 0 unspecified atom stereocenters. The molecule has 1 rings (SSSR count). The Morgan fingerprint density at radius 3 is 2.89 bits per heavy atom. The van der Waals surface area contributed by atoms with Crippen LogP contribution in [0.25, 0.3) is 0 Å². The number of aliphatic hydroxyl groups excluding tert-OH is 1. The zero-order chi connectivity index (χ0) is 6.69. The Labute approximate surface area is 55.1 Å². The van der Waals surface area contributed by atoms with E-state index in [2.05, 4.69) is 6.58 Å². The third-order valence-electron chi connectivity index (χ3n) is 1.51. The SMILES string of the molecule is C=CC[C@@H]1CC[C@H](O)O1. The van der Waals surface area contributed by atoms with E-state index in [1.807, 2.05) is 6.08 Å². The quantitative estimate of drug-likeness (QED) is 0.563. The lowest BCUT2D eigenvalue weighted by atomic mass is 10.2. The van der Waals surface area contributed by atoms with Crippen LogP contribution in [0.2, 0.25) is 0 Å². The summed E-state index contributed by atoms with van der Waals surface area (Å²) in [6.07, 6.45) is 4.12. The fraction of sp³-hybridized carbons (Fsp3) is 0.714. The summed E-state index contributed by atoms with van der Waals surface area (Å²) < 4.78 is 5.09. The summed E-state index contributed by atoms with van der Waals surface area (Å²) in [4.78, 5) is 0. The lowest BCUT2D eigenvalue weighted by Crippen LogP contribution is -2.08. The van der Waals surface area contributed by atoms with Gasteiger partial charge in [0.05, 0.1) is 6.10 Å². The summed E-state index contributed by atoms with van der Waals surface area (Å²) >= 11 is 0. The molecule has 1 fully saturated rings. The highest BCUT2D eigenvalue weighted by Gasteiger charge is 2.21. The van der Waals surface area contributed by atoms with Crippen molar-refractivity contribution >= 4 is 0 Å². The lowest BCUT2D eigenvalue weighted by Gasteiger charge is -2.05. The fourth-order valence-corrected chi connectivity index (χ4v) is 1.05. The van der Waals surface area contributed by atoms with E-state index in [-0.39, 0.29) is 6.10 Å². The van der Waals surface area contributed by atoms with Crippen LogP contribution in [0.3, 0.4) is 0 Å². The fourth-order valence-electron chi connectivity index (χ4n) is 1.05. The topological polar surface area (TPSA) is 29.5 Å². The summed E-state index contributed by atoms with van der Waals surface area (Å²) in [5, 5.41) is 8.87. The Morgan fingerprint density at radius 1 is 1.67 bits per heavy atom. The van der Waals surface area contributed by atoms with Gasteiger partial charge in [-0.05, 0) is 12.8 Å². The average Bonchev–Trinajstić information content (AvgIpc) is 2.17. The molecule has 2 nitrogen and oxygen atoms in total. The maximum atomic E-state index is 8.87. The van der Waals surface area contributed by atoms with E-state index in [1.54, 1.807) is 0 Å². The zero-order valence-corrected chi connectivity index (χ0v) is 5.42. The monoisotopic (exact) mass is 128 g/mol. The highest BCUT2D eigenvalue weighted by molar-refractivity contribution is 4.77. The third-order valence-corrected chi connectivity index (χ3v) is 1.51. The summed E-state index contributed by atoms with van der Waals surface area (Å²) in [5.74, 6) is 0. The van der Waals surface area contributed by atoms with Crippen LogP contribution in [0.1, 0.15) is 19.3 Å². The van der Waals surface area contributed by atoms with Crippen molar-refractivity contribution in [3.8, 4) is 0 Å². The summed E-state index contributed by atoms with van der Waals surface area (Å²) in [6.45, 7) is 3.59.